The fraction of sp³-hybridized carbons (Fsp3) is 0.333. The number of hydrogen-bond acceptors (Lipinski definition) is 0. The molecule has 1 heteroatoms. The smallest absolute Gasteiger partial charge is 0.0449 e. The van der Waals surface area contributed by atoms with Gasteiger partial charge in [0.25, 0.3) is 0 Å². The Morgan fingerprint density at radius 3 is 2.11 bits per heavy atom. The highest BCUT2D eigenvalue weighted by molar-refractivity contribution is 6.31. The Bertz CT molecular complexity index is 604. The van der Waals surface area contributed by atoms with Crippen LogP contribution >= 0.6 is 11.6 Å². The number of rotatable bonds is 1. The molecule has 0 aromatic heterocycles. The largest absolute Gasteiger partial charge is 0.0840 e. The van der Waals surface area contributed by atoms with Gasteiger partial charge in [-0.2, -0.15) is 0 Å². The van der Waals surface area contributed by atoms with E-state index in [2.05, 4.69) is 71.0 Å². The molecule has 0 aliphatic carbocycles. The summed E-state index contributed by atoms with van der Waals surface area (Å²) in [7, 11) is 0. The van der Waals surface area contributed by atoms with Crippen LogP contribution in [-0.2, 0) is 5.41 Å². The first kappa shape index (κ1) is 14.1. The Morgan fingerprint density at radius 2 is 1.58 bits per heavy atom. The quantitative estimate of drug-likeness (QED) is 0.604. The Morgan fingerprint density at radius 1 is 0.895 bits per heavy atom. The third kappa shape index (κ3) is 3.01. The Kier molecular flexibility index (Phi) is 3.73. The van der Waals surface area contributed by atoms with E-state index >= 15 is 0 Å². The van der Waals surface area contributed by atoms with Gasteiger partial charge in [-0.25, -0.2) is 0 Å². The lowest BCUT2D eigenvalue weighted by Crippen LogP contribution is -2.11. The Balaban J connectivity index is 2.51. The molecular weight excluding hydrogens is 252 g/mol. The fourth-order valence-electron chi connectivity index (χ4n) is 2.43. The third-order valence-corrected chi connectivity index (χ3v) is 3.78. The van der Waals surface area contributed by atoms with Crippen molar-refractivity contribution in [2.24, 2.45) is 0 Å². The molecule has 0 aliphatic rings. The van der Waals surface area contributed by atoms with E-state index in [9.17, 15) is 0 Å². The van der Waals surface area contributed by atoms with E-state index < -0.39 is 0 Å². The number of benzene rings is 2. The molecule has 0 amide bonds. The Labute approximate surface area is 121 Å². The van der Waals surface area contributed by atoms with Crippen molar-refractivity contribution in [3.8, 4) is 11.1 Å². The van der Waals surface area contributed by atoms with Crippen molar-refractivity contribution in [1.82, 2.24) is 0 Å². The van der Waals surface area contributed by atoms with Crippen LogP contribution in [0.15, 0.2) is 36.4 Å². The second-order valence-corrected chi connectivity index (χ2v) is 6.67. The average Bonchev–Trinajstić information content (AvgIpc) is 2.26. The van der Waals surface area contributed by atoms with Gasteiger partial charge < -0.3 is 0 Å². The van der Waals surface area contributed by atoms with Crippen LogP contribution in [0.25, 0.3) is 11.1 Å². The van der Waals surface area contributed by atoms with E-state index in [-0.39, 0.29) is 5.41 Å². The van der Waals surface area contributed by atoms with Crippen LogP contribution in [0, 0.1) is 13.8 Å². The second kappa shape index (κ2) is 5.02. The van der Waals surface area contributed by atoms with Gasteiger partial charge in [-0.1, -0.05) is 68.3 Å². The van der Waals surface area contributed by atoms with Crippen LogP contribution in [0.3, 0.4) is 0 Å². The molecule has 0 bridgehead atoms. The maximum Gasteiger partial charge on any atom is 0.0449 e. The maximum atomic E-state index is 6.45. The van der Waals surface area contributed by atoms with Crippen molar-refractivity contribution in [3.05, 3.63) is 58.1 Å². The standard InChI is InChI=1S/C18H21Cl/c1-12-6-8-15(13(2)10-12)14-7-9-16(17(19)11-14)18(3,4)5/h6-11H,1-5H3. The highest BCUT2D eigenvalue weighted by Crippen LogP contribution is 2.34. The summed E-state index contributed by atoms with van der Waals surface area (Å²) < 4.78 is 0. The van der Waals surface area contributed by atoms with Crippen molar-refractivity contribution in [2.45, 2.75) is 40.0 Å². The predicted molar refractivity (Wildman–Crippen MR) is 85.1 cm³/mol. The van der Waals surface area contributed by atoms with Crippen molar-refractivity contribution < 1.29 is 0 Å². The lowest BCUT2D eigenvalue weighted by Gasteiger charge is -2.21. The zero-order valence-corrected chi connectivity index (χ0v) is 13.1. The van der Waals surface area contributed by atoms with Crippen LogP contribution < -0.4 is 0 Å². The molecule has 0 radical (unpaired) electrons. The molecule has 0 atom stereocenters. The van der Waals surface area contributed by atoms with Gasteiger partial charge in [0, 0.05) is 5.02 Å². The van der Waals surface area contributed by atoms with Gasteiger partial charge in [-0.05, 0) is 47.6 Å². The SMILES string of the molecule is Cc1ccc(-c2ccc(C(C)(C)C)c(Cl)c2)c(C)c1. The molecule has 0 aliphatic heterocycles. The zero-order chi connectivity index (χ0) is 14.2. The van der Waals surface area contributed by atoms with Gasteiger partial charge in [0.1, 0.15) is 0 Å². The van der Waals surface area contributed by atoms with Crippen LogP contribution in [0.2, 0.25) is 5.02 Å². The van der Waals surface area contributed by atoms with E-state index in [1.54, 1.807) is 0 Å². The van der Waals surface area contributed by atoms with Crippen LogP contribution in [0.5, 0.6) is 0 Å². The van der Waals surface area contributed by atoms with Gasteiger partial charge in [0.2, 0.25) is 0 Å². The third-order valence-electron chi connectivity index (χ3n) is 3.47. The topological polar surface area (TPSA) is 0 Å². The molecule has 0 heterocycles. The molecule has 0 spiro atoms. The Hall–Kier alpha value is -1.27. The first-order chi connectivity index (χ1) is 8.79. The summed E-state index contributed by atoms with van der Waals surface area (Å²) in [5.41, 5.74) is 6.31. The minimum Gasteiger partial charge on any atom is -0.0840 e. The van der Waals surface area contributed by atoms with Crippen LogP contribution in [0.1, 0.15) is 37.5 Å². The second-order valence-electron chi connectivity index (χ2n) is 6.26. The zero-order valence-electron chi connectivity index (χ0n) is 12.3. The molecule has 100 valence electrons. The molecule has 0 fully saturated rings. The van der Waals surface area contributed by atoms with Crippen LogP contribution in [0.4, 0.5) is 0 Å². The summed E-state index contributed by atoms with van der Waals surface area (Å²) in [6.45, 7) is 10.8. The van der Waals surface area contributed by atoms with Gasteiger partial charge in [0.05, 0.1) is 0 Å². The van der Waals surface area contributed by atoms with E-state index in [4.69, 9.17) is 11.6 Å². The monoisotopic (exact) mass is 272 g/mol. The molecular formula is C18H21Cl. The number of halogens is 1. The maximum absolute atomic E-state index is 6.45. The van der Waals surface area contributed by atoms with Crippen molar-refractivity contribution in [1.29, 1.82) is 0 Å². The van der Waals surface area contributed by atoms with Gasteiger partial charge in [0.15, 0.2) is 0 Å². The molecule has 0 N–H and O–H groups in total. The summed E-state index contributed by atoms with van der Waals surface area (Å²) in [5.74, 6) is 0. The average molecular weight is 273 g/mol. The summed E-state index contributed by atoms with van der Waals surface area (Å²) in [4.78, 5) is 0. The first-order valence-electron chi connectivity index (χ1n) is 6.67. The molecule has 0 unspecified atom stereocenters. The molecule has 0 nitrogen and oxygen atoms in total. The summed E-state index contributed by atoms with van der Waals surface area (Å²) in [5, 5.41) is 0.852. The normalized spacial score (nSPS) is 11.7. The minimum atomic E-state index is 0.0813. The molecule has 2 rings (SSSR count). The first-order valence-corrected chi connectivity index (χ1v) is 7.04. The van der Waals surface area contributed by atoms with E-state index in [0.717, 1.165) is 5.02 Å². The summed E-state index contributed by atoms with van der Waals surface area (Å²) >= 11 is 6.45. The van der Waals surface area contributed by atoms with E-state index in [1.165, 1.54) is 27.8 Å². The van der Waals surface area contributed by atoms with E-state index in [0.29, 0.717) is 0 Å². The predicted octanol–water partition coefficient (Wildman–Crippen LogP) is 5.92. The fourth-order valence-corrected chi connectivity index (χ4v) is 2.89. The van der Waals surface area contributed by atoms with E-state index in [1.807, 2.05) is 0 Å². The van der Waals surface area contributed by atoms with Gasteiger partial charge in [-0.3, -0.25) is 0 Å². The molecule has 2 aromatic carbocycles. The minimum absolute atomic E-state index is 0.0813. The molecule has 19 heavy (non-hydrogen) atoms. The lowest BCUT2D eigenvalue weighted by molar-refractivity contribution is 0.590. The summed E-state index contributed by atoms with van der Waals surface area (Å²) in [6.07, 6.45) is 0. The highest BCUT2D eigenvalue weighted by atomic mass is 35.5. The lowest BCUT2D eigenvalue weighted by atomic mass is 9.85. The highest BCUT2D eigenvalue weighted by Gasteiger charge is 2.17. The molecule has 0 saturated carbocycles. The van der Waals surface area contributed by atoms with Crippen molar-refractivity contribution in [3.63, 3.8) is 0 Å². The molecule has 2 aromatic rings. The summed E-state index contributed by atoms with van der Waals surface area (Å²) in [6, 6.07) is 12.9. The van der Waals surface area contributed by atoms with Gasteiger partial charge >= 0.3 is 0 Å². The van der Waals surface area contributed by atoms with Gasteiger partial charge in [-0.15, -0.1) is 0 Å². The molecule has 0 saturated heterocycles. The number of aryl methyl sites for hydroxylation is 2. The number of hydrogen-bond donors (Lipinski definition) is 0. The van der Waals surface area contributed by atoms with Crippen LogP contribution in [-0.4, -0.2) is 0 Å². The van der Waals surface area contributed by atoms with Crippen molar-refractivity contribution in [2.75, 3.05) is 0 Å². The van der Waals surface area contributed by atoms with Crippen molar-refractivity contribution >= 4 is 11.6 Å².